The van der Waals surface area contributed by atoms with E-state index in [1.165, 1.54) is 0 Å². The van der Waals surface area contributed by atoms with E-state index < -0.39 is 0 Å². The Kier molecular flexibility index (Phi) is 267. The van der Waals surface area contributed by atoms with Gasteiger partial charge in [-0.3, -0.25) is 0 Å². The summed E-state index contributed by atoms with van der Waals surface area (Å²) in [7, 11) is 0. The summed E-state index contributed by atoms with van der Waals surface area (Å²) in [5.74, 6) is 0. The van der Waals surface area contributed by atoms with Crippen molar-refractivity contribution in [2.45, 2.75) is 0 Å². The molecule has 0 nitrogen and oxygen atoms in total. The van der Waals surface area contributed by atoms with Gasteiger partial charge in [-0.05, 0) is 0 Å². The first-order valence-corrected chi connectivity index (χ1v) is 0. The Balaban J connectivity index is 0. The van der Waals surface area contributed by atoms with E-state index in [1.807, 2.05) is 0 Å². The number of hydrogen-bond acceptors (Lipinski definition) is 0. The van der Waals surface area contributed by atoms with E-state index in [4.69, 9.17) is 0 Å². The second-order valence-corrected chi connectivity index (χ2v) is 0. The first-order valence-electron chi connectivity index (χ1n) is 0. The summed E-state index contributed by atoms with van der Waals surface area (Å²) in [5, 5.41) is 0. The third kappa shape index (κ3) is 20.0. The van der Waals surface area contributed by atoms with Crippen LogP contribution in [-0.2, 0) is 19.8 Å². The number of rotatable bonds is 0. The molecule has 5 heteroatoms. The van der Waals surface area contributed by atoms with Crippen LogP contribution in [0.15, 0.2) is 0 Å². The molecule has 0 aromatic heterocycles. The molecule has 5 heavy (non-hydrogen) atoms. The van der Waals surface area contributed by atoms with Crippen molar-refractivity contribution >= 4 is 70.4 Å². The predicted octanol–water partition coefficient (Wildman–Crippen LogP) is -4.74. The van der Waals surface area contributed by atoms with Crippen molar-refractivity contribution in [1.29, 1.82) is 0 Å². The van der Waals surface area contributed by atoms with Gasteiger partial charge in [0.1, 0.15) is 0 Å². The Morgan fingerprint density at radius 2 is 0.400 bits per heavy atom. The van der Waals surface area contributed by atoms with Gasteiger partial charge in [-0.1, -0.05) is 0 Å². The van der Waals surface area contributed by atoms with Gasteiger partial charge in [-0.15, -0.1) is 0 Å². The van der Waals surface area contributed by atoms with Crippen molar-refractivity contribution in [2.75, 3.05) is 0 Å². The molecule has 0 atom stereocenters. The summed E-state index contributed by atoms with van der Waals surface area (Å²) >= 11 is 0. The standard InChI is InChI=1S/4GeH3.Os/h4*1H3;/q4*-1;+4. The van der Waals surface area contributed by atoms with Gasteiger partial charge < -0.3 is 0 Å². The van der Waals surface area contributed by atoms with Gasteiger partial charge >= 0.3 is 90.2 Å². The van der Waals surface area contributed by atoms with Gasteiger partial charge in [-0.25, -0.2) is 0 Å². The molecule has 0 heterocycles. The largest absolute Gasteiger partial charge is 4.00 e. The molecule has 0 bridgehead atoms. The normalized spacial score (nSPS) is 0. The first kappa shape index (κ1) is 45.9. The van der Waals surface area contributed by atoms with Crippen LogP contribution in [0.4, 0.5) is 0 Å². The van der Waals surface area contributed by atoms with Crippen molar-refractivity contribution < 1.29 is 19.8 Å². The van der Waals surface area contributed by atoms with Crippen molar-refractivity contribution in [1.82, 2.24) is 0 Å². The van der Waals surface area contributed by atoms with Crippen LogP contribution in [0.2, 0.25) is 0 Å². The minimum atomic E-state index is 0. The Hall–Kier alpha value is 2.81. The maximum atomic E-state index is 0. The second-order valence-electron chi connectivity index (χ2n) is 0. The predicted molar refractivity (Wildman–Crippen MR) is 39.8 cm³/mol. The molecule has 0 fully saturated rings. The Labute approximate surface area is 88.9 Å². The van der Waals surface area contributed by atoms with E-state index in [1.54, 1.807) is 0 Å². The van der Waals surface area contributed by atoms with Gasteiger partial charge in [-0.2, -0.15) is 0 Å². The van der Waals surface area contributed by atoms with Gasteiger partial charge in [0, 0.05) is 0 Å². The quantitative estimate of drug-likeness (QED) is 0.298. The van der Waals surface area contributed by atoms with E-state index in [0.29, 0.717) is 0 Å². The topological polar surface area (TPSA) is 0 Å². The van der Waals surface area contributed by atoms with Gasteiger partial charge in [0.05, 0.1) is 0 Å². The third-order valence-corrected chi connectivity index (χ3v) is 0. The zero-order valence-electron chi connectivity index (χ0n) is 4.35. The Morgan fingerprint density at radius 1 is 0.400 bits per heavy atom. The molecule has 0 rings (SSSR count). The number of hydrogen-bond donors (Lipinski definition) is 0. The third-order valence-electron chi connectivity index (χ3n) is 0. The molecule has 0 N–H and O–H groups in total. The molecule has 0 saturated heterocycles. The first-order chi connectivity index (χ1) is 0. The van der Waals surface area contributed by atoms with Crippen molar-refractivity contribution in [3.05, 3.63) is 0 Å². The molecular weight excluding hydrogens is 481 g/mol. The molecule has 36 valence electrons. The smallest absolute Gasteiger partial charge is 4.00 e. The fourth-order valence-electron chi connectivity index (χ4n) is 0. The van der Waals surface area contributed by atoms with Crippen LogP contribution in [0.5, 0.6) is 0 Å². The summed E-state index contributed by atoms with van der Waals surface area (Å²) in [4.78, 5) is 0. The van der Waals surface area contributed by atoms with Crippen LogP contribution >= 0.6 is 0 Å². The molecule has 0 radical (unpaired) electrons. The zero-order chi connectivity index (χ0) is 0. The monoisotopic (exact) mass is 500 g/mol. The summed E-state index contributed by atoms with van der Waals surface area (Å²) in [6, 6.07) is 0. The molecule has 0 aromatic rings. The molecule has 0 aromatic carbocycles. The Bertz CT molecular complexity index is 3.61. The van der Waals surface area contributed by atoms with E-state index in [2.05, 4.69) is 0 Å². The van der Waals surface area contributed by atoms with Crippen LogP contribution < -0.4 is 0 Å². The Morgan fingerprint density at radius 3 is 0.400 bits per heavy atom. The molecule has 0 aliphatic heterocycles. The second kappa shape index (κ2) is 29.1. The van der Waals surface area contributed by atoms with Gasteiger partial charge in [0.25, 0.3) is 0 Å². The van der Waals surface area contributed by atoms with Gasteiger partial charge in [0.2, 0.25) is 0 Å². The molecule has 0 amide bonds. The maximum absolute atomic E-state index is 0. The van der Waals surface area contributed by atoms with Crippen LogP contribution in [0.3, 0.4) is 0 Å². The zero-order valence-corrected chi connectivity index (χ0v) is 23.7. The van der Waals surface area contributed by atoms with Crippen molar-refractivity contribution in [2.24, 2.45) is 0 Å². The molecule has 0 unspecified atom stereocenters. The summed E-state index contributed by atoms with van der Waals surface area (Å²) in [6.07, 6.45) is 0. The molecular formula is H12Ge4Os. The van der Waals surface area contributed by atoms with E-state index in [9.17, 15) is 0 Å². The average Bonchev–Trinajstić information content (AvgIpc) is 0. The van der Waals surface area contributed by atoms with Crippen LogP contribution in [-0.4, -0.2) is 70.4 Å². The molecule has 0 aliphatic rings. The summed E-state index contributed by atoms with van der Waals surface area (Å²) in [5.41, 5.74) is 0. The molecule has 0 spiro atoms. The fraction of sp³-hybridized carbons (Fsp3) is 0. The maximum Gasteiger partial charge on any atom is 4.00 e. The average molecular weight is 493 g/mol. The SMILES string of the molecule is [GeH3-].[GeH3-].[GeH3-].[GeH3-].[Os+4]. The minimum absolute atomic E-state index is 0. The van der Waals surface area contributed by atoms with Crippen LogP contribution in [0.1, 0.15) is 0 Å². The summed E-state index contributed by atoms with van der Waals surface area (Å²) < 4.78 is 0. The molecule has 0 saturated carbocycles. The van der Waals surface area contributed by atoms with E-state index >= 15 is 0 Å². The van der Waals surface area contributed by atoms with Crippen LogP contribution in [0, 0.1) is 0 Å². The van der Waals surface area contributed by atoms with Crippen LogP contribution in [0.25, 0.3) is 0 Å². The minimum Gasteiger partial charge on any atom is 4.00 e. The van der Waals surface area contributed by atoms with E-state index in [-0.39, 0.29) is 90.2 Å². The van der Waals surface area contributed by atoms with Gasteiger partial charge in [0.15, 0.2) is 0 Å². The van der Waals surface area contributed by atoms with E-state index in [0.717, 1.165) is 0 Å². The molecule has 0 aliphatic carbocycles. The summed E-state index contributed by atoms with van der Waals surface area (Å²) in [6.45, 7) is 0. The van der Waals surface area contributed by atoms with Crippen molar-refractivity contribution in [3.63, 3.8) is 0 Å². The van der Waals surface area contributed by atoms with Crippen molar-refractivity contribution in [3.8, 4) is 0 Å². The fourth-order valence-corrected chi connectivity index (χ4v) is 0.